The number of nitrogens with one attached hydrogen (secondary N) is 2. The van der Waals surface area contributed by atoms with E-state index in [2.05, 4.69) is 25.5 Å². The highest BCUT2D eigenvalue weighted by atomic mass is 15.1. The van der Waals surface area contributed by atoms with Crippen LogP contribution in [0.15, 0.2) is 18.5 Å². The minimum Gasteiger partial charge on any atom is -0.354 e. The molecule has 0 fully saturated rings. The van der Waals surface area contributed by atoms with Gasteiger partial charge in [-0.05, 0) is 38.3 Å². The molecule has 0 aliphatic carbocycles. The van der Waals surface area contributed by atoms with Gasteiger partial charge >= 0.3 is 0 Å². The number of rotatable bonds is 5. The zero-order valence-electron chi connectivity index (χ0n) is 10.2. The van der Waals surface area contributed by atoms with Crippen molar-refractivity contribution < 1.29 is 0 Å². The average molecular weight is 231 g/mol. The van der Waals surface area contributed by atoms with E-state index in [1.807, 2.05) is 26.1 Å². The van der Waals surface area contributed by atoms with E-state index in [1.54, 1.807) is 6.20 Å². The molecule has 2 rings (SSSR count). The molecular formula is C12H17N5. The Labute approximate surface area is 101 Å². The number of H-pyrrole nitrogens is 1. The molecule has 17 heavy (non-hydrogen) atoms. The van der Waals surface area contributed by atoms with Crippen LogP contribution in [0.2, 0.25) is 0 Å². The van der Waals surface area contributed by atoms with E-state index >= 15 is 0 Å². The highest BCUT2D eigenvalue weighted by molar-refractivity contribution is 5.24. The highest BCUT2D eigenvalue weighted by Gasteiger charge is 2.00. The third-order valence-electron chi connectivity index (χ3n) is 2.64. The van der Waals surface area contributed by atoms with Crippen molar-refractivity contribution in [3.8, 4) is 0 Å². The fourth-order valence-electron chi connectivity index (χ4n) is 1.64. The molecule has 0 saturated carbocycles. The lowest BCUT2D eigenvalue weighted by atomic mass is 10.1. The second-order valence-electron chi connectivity index (χ2n) is 4.07. The molecule has 5 heteroatoms. The van der Waals surface area contributed by atoms with Gasteiger partial charge in [0.15, 0.2) is 0 Å². The second-order valence-corrected chi connectivity index (χ2v) is 4.07. The standard InChI is InChI=1S/C12H17N5/c1-9-5-7-14-12(16-9)13-6-3-4-11-8-15-17-10(11)2/h5,7-8H,3-4,6H2,1-2H3,(H,15,17)(H,13,14,16). The largest absolute Gasteiger partial charge is 0.354 e. The third-order valence-corrected chi connectivity index (χ3v) is 2.64. The molecule has 0 aromatic carbocycles. The molecule has 0 atom stereocenters. The van der Waals surface area contributed by atoms with Crippen LogP contribution >= 0.6 is 0 Å². The topological polar surface area (TPSA) is 66.5 Å². The summed E-state index contributed by atoms with van der Waals surface area (Å²) in [5.74, 6) is 0.703. The normalized spacial score (nSPS) is 10.5. The Balaban J connectivity index is 1.75. The van der Waals surface area contributed by atoms with E-state index in [0.717, 1.165) is 30.8 Å². The maximum absolute atomic E-state index is 4.28. The van der Waals surface area contributed by atoms with Crippen molar-refractivity contribution in [2.45, 2.75) is 26.7 Å². The molecule has 0 aliphatic heterocycles. The number of aromatic amines is 1. The van der Waals surface area contributed by atoms with Gasteiger partial charge in [0.1, 0.15) is 0 Å². The van der Waals surface area contributed by atoms with E-state index in [-0.39, 0.29) is 0 Å². The SMILES string of the molecule is Cc1ccnc(NCCCc2cn[nH]c2C)n1. The molecule has 0 radical (unpaired) electrons. The van der Waals surface area contributed by atoms with Crippen LogP contribution in [0, 0.1) is 13.8 Å². The fourth-order valence-corrected chi connectivity index (χ4v) is 1.64. The molecule has 0 saturated heterocycles. The summed E-state index contributed by atoms with van der Waals surface area (Å²) in [6.07, 6.45) is 5.71. The molecule has 0 bridgehead atoms. The van der Waals surface area contributed by atoms with Gasteiger partial charge in [0.05, 0.1) is 6.20 Å². The van der Waals surface area contributed by atoms with Crippen LogP contribution in [0.5, 0.6) is 0 Å². The molecule has 0 unspecified atom stereocenters. The van der Waals surface area contributed by atoms with Gasteiger partial charge in [0.25, 0.3) is 0 Å². The number of nitrogens with zero attached hydrogens (tertiary/aromatic N) is 3. The summed E-state index contributed by atoms with van der Waals surface area (Å²) in [5.41, 5.74) is 3.40. The minimum absolute atomic E-state index is 0.703. The molecule has 2 aromatic rings. The van der Waals surface area contributed by atoms with Gasteiger partial charge in [0, 0.05) is 24.1 Å². The Morgan fingerprint density at radius 3 is 2.94 bits per heavy atom. The van der Waals surface area contributed by atoms with Crippen LogP contribution in [-0.2, 0) is 6.42 Å². The van der Waals surface area contributed by atoms with E-state index < -0.39 is 0 Å². The predicted molar refractivity (Wildman–Crippen MR) is 66.9 cm³/mol. The van der Waals surface area contributed by atoms with Gasteiger partial charge in [0.2, 0.25) is 5.95 Å². The number of anilines is 1. The molecular weight excluding hydrogens is 214 g/mol. The maximum Gasteiger partial charge on any atom is 0.222 e. The second kappa shape index (κ2) is 5.43. The quantitative estimate of drug-likeness (QED) is 0.771. The first-order valence-electron chi connectivity index (χ1n) is 5.78. The predicted octanol–water partition coefficient (Wildman–Crippen LogP) is 1.86. The molecule has 0 amide bonds. The molecule has 0 spiro atoms. The number of hydrogen-bond donors (Lipinski definition) is 2. The fraction of sp³-hybridized carbons (Fsp3) is 0.417. The van der Waals surface area contributed by atoms with Crippen LogP contribution in [-0.4, -0.2) is 26.7 Å². The van der Waals surface area contributed by atoms with Gasteiger partial charge in [-0.25, -0.2) is 9.97 Å². The summed E-state index contributed by atoms with van der Waals surface area (Å²) < 4.78 is 0. The summed E-state index contributed by atoms with van der Waals surface area (Å²) >= 11 is 0. The van der Waals surface area contributed by atoms with E-state index in [0.29, 0.717) is 5.95 Å². The first kappa shape index (κ1) is 11.6. The first-order chi connectivity index (χ1) is 8.25. The number of aromatic nitrogens is 4. The summed E-state index contributed by atoms with van der Waals surface area (Å²) in [4.78, 5) is 8.44. The van der Waals surface area contributed by atoms with Gasteiger partial charge < -0.3 is 5.32 Å². The maximum atomic E-state index is 4.28. The zero-order chi connectivity index (χ0) is 12.1. The van der Waals surface area contributed by atoms with Crippen molar-refractivity contribution in [1.82, 2.24) is 20.2 Å². The molecule has 5 nitrogen and oxygen atoms in total. The molecule has 90 valence electrons. The van der Waals surface area contributed by atoms with Crippen LogP contribution in [0.1, 0.15) is 23.4 Å². The van der Waals surface area contributed by atoms with Crippen LogP contribution in [0.4, 0.5) is 5.95 Å². The number of aryl methyl sites for hydroxylation is 3. The smallest absolute Gasteiger partial charge is 0.222 e. The summed E-state index contributed by atoms with van der Waals surface area (Å²) in [6, 6.07) is 1.89. The molecule has 2 aromatic heterocycles. The Morgan fingerprint density at radius 2 is 2.24 bits per heavy atom. The average Bonchev–Trinajstić information content (AvgIpc) is 2.71. The summed E-state index contributed by atoms with van der Waals surface area (Å²) in [6.45, 7) is 4.87. The lowest BCUT2D eigenvalue weighted by molar-refractivity contribution is 0.846. The van der Waals surface area contributed by atoms with Gasteiger partial charge in [-0.1, -0.05) is 0 Å². The van der Waals surface area contributed by atoms with Crippen LogP contribution < -0.4 is 5.32 Å². The Kier molecular flexibility index (Phi) is 3.69. The third kappa shape index (κ3) is 3.27. The Bertz CT molecular complexity index is 477. The van der Waals surface area contributed by atoms with E-state index in [1.165, 1.54) is 5.56 Å². The van der Waals surface area contributed by atoms with Crippen molar-refractivity contribution in [3.05, 3.63) is 35.4 Å². The lowest BCUT2D eigenvalue weighted by Crippen LogP contribution is -2.06. The summed E-state index contributed by atoms with van der Waals surface area (Å²) in [5, 5.41) is 10.2. The van der Waals surface area contributed by atoms with Gasteiger partial charge in [-0.3, -0.25) is 5.10 Å². The Hall–Kier alpha value is -1.91. The minimum atomic E-state index is 0.703. The van der Waals surface area contributed by atoms with Crippen LogP contribution in [0.3, 0.4) is 0 Å². The van der Waals surface area contributed by atoms with Gasteiger partial charge in [-0.15, -0.1) is 0 Å². The van der Waals surface area contributed by atoms with E-state index in [4.69, 9.17) is 0 Å². The van der Waals surface area contributed by atoms with Crippen molar-refractivity contribution in [2.75, 3.05) is 11.9 Å². The highest BCUT2D eigenvalue weighted by Crippen LogP contribution is 2.06. The zero-order valence-corrected chi connectivity index (χ0v) is 10.2. The van der Waals surface area contributed by atoms with E-state index in [9.17, 15) is 0 Å². The van der Waals surface area contributed by atoms with Crippen molar-refractivity contribution in [2.24, 2.45) is 0 Å². The molecule has 2 heterocycles. The monoisotopic (exact) mass is 231 g/mol. The van der Waals surface area contributed by atoms with Gasteiger partial charge in [-0.2, -0.15) is 5.10 Å². The van der Waals surface area contributed by atoms with Crippen molar-refractivity contribution in [3.63, 3.8) is 0 Å². The number of hydrogen-bond acceptors (Lipinski definition) is 4. The van der Waals surface area contributed by atoms with Crippen molar-refractivity contribution in [1.29, 1.82) is 0 Å². The van der Waals surface area contributed by atoms with Crippen LogP contribution in [0.25, 0.3) is 0 Å². The molecule has 0 aliphatic rings. The molecule has 2 N–H and O–H groups in total. The van der Waals surface area contributed by atoms with Crippen molar-refractivity contribution >= 4 is 5.95 Å². The first-order valence-corrected chi connectivity index (χ1v) is 5.78. The Morgan fingerprint density at radius 1 is 1.35 bits per heavy atom. The summed E-state index contributed by atoms with van der Waals surface area (Å²) in [7, 11) is 0. The lowest BCUT2D eigenvalue weighted by Gasteiger charge is -2.04.